The van der Waals surface area contributed by atoms with Crippen molar-refractivity contribution in [3.63, 3.8) is 0 Å². The second-order valence-electron chi connectivity index (χ2n) is 10.0. The maximum Gasteiger partial charge on any atom is 0.0669 e. The zero-order valence-corrected chi connectivity index (χ0v) is 26.4. The van der Waals surface area contributed by atoms with Crippen molar-refractivity contribution < 1.29 is 52.8 Å². The minimum Gasteiger partial charge on any atom is -0.358 e. The third kappa shape index (κ3) is 4.96. The summed E-state index contributed by atoms with van der Waals surface area (Å²) in [6, 6.07) is 23.2. The molecule has 0 atom stereocenters. The topological polar surface area (TPSA) is 17.3 Å². The Balaban J connectivity index is 0.00000136. The van der Waals surface area contributed by atoms with Crippen LogP contribution in [0.4, 0.5) is 0 Å². The molecule has 0 bridgehead atoms. The number of aromatic nitrogens is 2. The molecule has 3 aromatic carbocycles. The van der Waals surface area contributed by atoms with Gasteiger partial charge in [0.2, 0.25) is 0 Å². The molecule has 2 nitrogen and oxygen atoms in total. The summed E-state index contributed by atoms with van der Waals surface area (Å²) in [7, 11) is 0. The van der Waals surface area contributed by atoms with E-state index in [4.69, 9.17) is 4.98 Å². The van der Waals surface area contributed by atoms with Crippen LogP contribution in [0.3, 0.4) is 0 Å². The average Bonchev–Trinajstić information content (AvgIpc) is 3.04. The number of hydrogen-bond donors (Lipinski definition) is 0. The van der Waals surface area contributed by atoms with Gasteiger partial charge >= 0.3 is 0 Å². The minimum atomic E-state index is 0. The molecule has 2 radical (unpaired) electrons. The summed E-state index contributed by atoms with van der Waals surface area (Å²) in [4.78, 5) is 5.06. The molecular weight excluding hydrogens is 669 g/mol. The fraction of sp³-hybridized carbons (Fsp3) is 0.267. The number of imidazole rings is 1. The van der Waals surface area contributed by atoms with Crippen molar-refractivity contribution in [3.05, 3.63) is 90.5 Å². The Kier molecular flexibility index (Phi) is 9.09. The number of hydrogen-bond acceptors (Lipinski definition) is 1. The molecule has 34 heavy (non-hydrogen) atoms. The van der Waals surface area contributed by atoms with Gasteiger partial charge in [0.05, 0.1) is 17.0 Å². The van der Waals surface area contributed by atoms with Gasteiger partial charge in [-0.1, -0.05) is 56.5 Å². The van der Waals surface area contributed by atoms with Crippen molar-refractivity contribution >= 4 is 27.3 Å². The molecule has 0 saturated carbocycles. The van der Waals surface area contributed by atoms with Crippen LogP contribution in [0.2, 0.25) is 0 Å². The monoisotopic (exact) mass is 702 g/mol. The number of aryl methyl sites for hydroxylation is 3. The van der Waals surface area contributed by atoms with E-state index in [0.717, 1.165) is 23.1 Å². The van der Waals surface area contributed by atoms with Crippen LogP contribution in [0, 0.1) is 39.7 Å². The Hall–Kier alpha value is -1.38. The maximum absolute atomic E-state index is 5.06. The second kappa shape index (κ2) is 10.7. The van der Waals surface area contributed by atoms with Gasteiger partial charge in [0.1, 0.15) is 0 Å². The fourth-order valence-electron chi connectivity index (χ4n) is 4.98. The Morgan fingerprint density at radius 2 is 1.59 bits per heavy atom. The first-order valence-corrected chi connectivity index (χ1v) is 11.1. The Morgan fingerprint density at radius 3 is 2.24 bits per heavy atom. The number of nitrogens with zero attached hydrogens (tertiary/aromatic N) is 2. The van der Waals surface area contributed by atoms with Crippen LogP contribution < -0.4 is 0 Å². The van der Waals surface area contributed by atoms with Crippen molar-refractivity contribution in [2.75, 3.05) is 0 Å². The summed E-state index contributed by atoms with van der Waals surface area (Å²) in [5, 5.41) is 3.58. The van der Waals surface area contributed by atoms with Gasteiger partial charge in [-0.3, -0.25) is 4.98 Å². The quantitative estimate of drug-likeness (QED) is 0.135. The van der Waals surface area contributed by atoms with Crippen LogP contribution in [0.15, 0.2) is 54.6 Å². The van der Waals surface area contributed by atoms with E-state index in [9.17, 15) is 0 Å². The van der Waals surface area contributed by atoms with Gasteiger partial charge in [-0.2, -0.15) is 0 Å². The molecule has 5 rings (SSSR count). The maximum atomic E-state index is 5.06. The first-order chi connectivity index (χ1) is 14.7. The standard InChI is InChI=1S/C29H29N2.CH3.Ir.Y/c1-18-10-9-11-19(2)26(18)27-20(3)30-28-23-13-8-7-12-22(23)24-16-21(17-29(4,5)6)14-15-25(24)31(27)28;;;/h7-12,14-16H,17H2,1-6H3;1H3;;/q2*-1;;. The van der Waals surface area contributed by atoms with E-state index in [2.05, 4.69) is 101 Å². The second-order valence-corrected chi connectivity index (χ2v) is 10.0. The molecule has 0 saturated heterocycles. The fourth-order valence-corrected chi connectivity index (χ4v) is 4.98. The Labute approximate surface area is 242 Å². The summed E-state index contributed by atoms with van der Waals surface area (Å²) < 4.78 is 2.36. The van der Waals surface area contributed by atoms with E-state index in [1.807, 2.05) is 6.07 Å². The molecule has 0 aliphatic rings. The Bertz CT molecular complexity index is 1450. The summed E-state index contributed by atoms with van der Waals surface area (Å²) in [6.07, 6.45) is 1.05. The van der Waals surface area contributed by atoms with E-state index in [1.54, 1.807) is 0 Å². The summed E-state index contributed by atoms with van der Waals surface area (Å²) in [5.41, 5.74) is 9.90. The van der Waals surface area contributed by atoms with Crippen molar-refractivity contribution in [1.29, 1.82) is 0 Å². The molecule has 5 aromatic rings. The third-order valence-corrected chi connectivity index (χ3v) is 6.18. The molecule has 176 valence electrons. The predicted octanol–water partition coefficient (Wildman–Crippen LogP) is 8.07. The van der Waals surface area contributed by atoms with E-state index < -0.39 is 0 Å². The third-order valence-electron chi connectivity index (χ3n) is 6.18. The number of rotatable bonds is 2. The van der Waals surface area contributed by atoms with Crippen LogP contribution in [0.5, 0.6) is 0 Å². The van der Waals surface area contributed by atoms with E-state index in [0.29, 0.717) is 0 Å². The largest absolute Gasteiger partial charge is 0.358 e. The summed E-state index contributed by atoms with van der Waals surface area (Å²) in [5.74, 6) is 0. The van der Waals surface area contributed by atoms with Crippen LogP contribution in [0.1, 0.15) is 43.2 Å². The molecule has 0 aliphatic heterocycles. The molecule has 0 amide bonds. The van der Waals surface area contributed by atoms with Crippen LogP contribution in [0.25, 0.3) is 38.6 Å². The van der Waals surface area contributed by atoms with Crippen LogP contribution in [-0.2, 0) is 59.2 Å². The van der Waals surface area contributed by atoms with Crippen LogP contribution >= 0.6 is 0 Å². The van der Waals surface area contributed by atoms with Crippen molar-refractivity contribution in [2.45, 2.75) is 48.0 Å². The van der Waals surface area contributed by atoms with Gasteiger partial charge in [0.15, 0.2) is 0 Å². The zero-order valence-electron chi connectivity index (χ0n) is 21.2. The molecule has 0 unspecified atom stereocenters. The molecule has 4 heteroatoms. The molecule has 0 fully saturated rings. The Morgan fingerprint density at radius 1 is 0.912 bits per heavy atom. The van der Waals surface area contributed by atoms with Gasteiger partial charge in [-0.05, 0) is 60.7 Å². The first kappa shape index (κ1) is 28.9. The predicted molar refractivity (Wildman–Crippen MR) is 138 cm³/mol. The van der Waals surface area contributed by atoms with Crippen molar-refractivity contribution in [1.82, 2.24) is 9.38 Å². The van der Waals surface area contributed by atoms with Gasteiger partial charge in [-0.15, -0.1) is 29.7 Å². The van der Waals surface area contributed by atoms with Gasteiger partial charge in [0.25, 0.3) is 0 Å². The van der Waals surface area contributed by atoms with Gasteiger partial charge < -0.3 is 11.8 Å². The van der Waals surface area contributed by atoms with E-state index in [-0.39, 0.29) is 65.7 Å². The van der Waals surface area contributed by atoms with E-state index >= 15 is 0 Å². The van der Waals surface area contributed by atoms with Gasteiger partial charge in [0, 0.05) is 63.9 Å². The molecule has 2 aromatic heterocycles. The SMILES string of the molecule is Cc1cccc(C)c1-c1c(C)nc2c3[c-]cccc3c3cc(CC(C)(C)C)ccc3n12.[CH3-].[Ir].[Y]. The van der Waals surface area contributed by atoms with Crippen molar-refractivity contribution in [3.8, 4) is 11.3 Å². The minimum absolute atomic E-state index is 0. The first-order valence-electron chi connectivity index (χ1n) is 11.1. The molecule has 0 aliphatic carbocycles. The normalized spacial score (nSPS) is 11.2. The average molecular weight is 702 g/mol. The molecular formula is C30H32IrN2Y-2. The van der Waals surface area contributed by atoms with E-state index in [1.165, 1.54) is 44.2 Å². The van der Waals surface area contributed by atoms with Crippen molar-refractivity contribution in [2.24, 2.45) is 5.41 Å². The zero-order chi connectivity index (χ0) is 21.9. The molecule has 0 N–H and O–H groups in total. The summed E-state index contributed by atoms with van der Waals surface area (Å²) >= 11 is 0. The summed E-state index contributed by atoms with van der Waals surface area (Å²) in [6.45, 7) is 13.4. The number of pyridine rings is 1. The molecule has 0 spiro atoms. The number of benzene rings is 3. The van der Waals surface area contributed by atoms with Crippen LogP contribution in [-0.4, -0.2) is 9.38 Å². The molecule has 2 heterocycles. The number of fused-ring (bicyclic) bond motifs is 6. The smallest absolute Gasteiger partial charge is 0.0669 e. The van der Waals surface area contributed by atoms with Gasteiger partial charge in [-0.25, -0.2) is 0 Å².